The van der Waals surface area contributed by atoms with E-state index in [-0.39, 0.29) is 0 Å². The van der Waals surface area contributed by atoms with E-state index in [4.69, 9.17) is 4.98 Å². The van der Waals surface area contributed by atoms with E-state index in [0.717, 1.165) is 40.4 Å². The molecule has 0 saturated carbocycles. The Bertz CT molecular complexity index is 689. The molecule has 1 radical (unpaired) electrons. The molecule has 0 fully saturated rings. The van der Waals surface area contributed by atoms with E-state index in [1.807, 2.05) is 36.5 Å². The quantitative estimate of drug-likeness (QED) is 0.696. The molecule has 2 heterocycles. The van der Waals surface area contributed by atoms with Crippen LogP contribution in [0.5, 0.6) is 0 Å². The lowest BCUT2D eigenvalue weighted by Gasteiger charge is -2.00. The molecule has 0 bridgehead atoms. The van der Waals surface area contributed by atoms with Crippen LogP contribution in [0.15, 0.2) is 48.0 Å². The molecule has 2 nitrogen and oxygen atoms in total. The first-order chi connectivity index (χ1) is 9.86. The summed E-state index contributed by atoms with van der Waals surface area (Å²) < 4.78 is 0. The summed E-state index contributed by atoms with van der Waals surface area (Å²) in [5, 5.41) is 3.15. The molecule has 1 aromatic carbocycles. The Morgan fingerprint density at radius 1 is 1.15 bits per heavy atom. The van der Waals surface area contributed by atoms with E-state index >= 15 is 0 Å². The third-order valence-corrected chi connectivity index (χ3v) is 3.98. The molecule has 0 amide bonds. The van der Waals surface area contributed by atoms with Crippen LogP contribution < -0.4 is 0 Å². The molecule has 0 N–H and O–H groups in total. The molecule has 20 heavy (non-hydrogen) atoms. The number of hydrogen-bond donors (Lipinski definition) is 0. The second-order valence-corrected chi connectivity index (χ2v) is 5.47. The van der Waals surface area contributed by atoms with Crippen LogP contribution >= 0.6 is 11.3 Å². The first-order valence-corrected chi connectivity index (χ1v) is 7.62. The number of aryl methyl sites for hydroxylation is 1. The first-order valence-electron chi connectivity index (χ1n) is 6.74. The highest BCUT2D eigenvalue weighted by Crippen LogP contribution is 2.28. The van der Waals surface area contributed by atoms with Gasteiger partial charge in [0.15, 0.2) is 0 Å². The summed E-state index contributed by atoms with van der Waals surface area (Å²) in [7, 11) is 0. The second kappa shape index (κ2) is 5.97. The zero-order chi connectivity index (χ0) is 13.8. The third-order valence-electron chi connectivity index (χ3n) is 3.09. The molecular weight excluding hydrogens is 264 g/mol. The Morgan fingerprint density at radius 2 is 2.00 bits per heavy atom. The van der Waals surface area contributed by atoms with Gasteiger partial charge in [-0.25, -0.2) is 4.98 Å². The van der Waals surface area contributed by atoms with E-state index in [2.05, 4.69) is 29.4 Å². The van der Waals surface area contributed by atoms with Gasteiger partial charge in [-0.1, -0.05) is 37.6 Å². The number of hydrogen-bond acceptors (Lipinski definition) is 3. The zero-order valence-corrected chi connectivity index (χ0v) is 12.2. The molecule has 0 aliphatic heterocycles. The second-order valence-electron chi connectivity index (χ2n) is 4.61. The Balaban J connectivity index is 1.92. The van der Waals surface area contributed by atoms with E-state index in [1.165, 1.54) is 0 Å². The van der Waals surface area contributed by atoms with Gasteiger partial charge in [0.2, 0.25) is 0 Å². The van der Waals surface area contributed by atoms with Crippen LogP contribution in [0.2, 0.25) is 0 Å². The van der Waals surface area contributed by atoms with Crippen molar-refractivity contribution in [3.8, 4) is 21.8 Å². The summed E-state index contributed by atoms with van der Waals surface area (Å²) >= 11 is 1.68. The van der Waals surface area contributed by atoms with Gasteiger partial charge in [0.05, 0.1) is 5.69 Å². The molecule has 3 rings (SSSR count). The minimum atomic E-state index is 1.01. The van der Waals surface area contributed by atoms with E-state index in [9.17, 15) is 0 Å². The molecule has 3 aromatic rings. The van der Waals surface area contributed by atoms with Crippen LogP contribution in [-0.2, 0) is 6.42 Å². The summed E-state index contributed by atoms with van der Waals surface area (Å²) in [6.45, 7) is 2.17. The van der Waals surface area contributed by atoms with Crippen LogP contribution in [-0.4, -0.2) is 9.97 Å². The van der Waals surface area contributed by atoms with Gasteiger partial charge in [-0.2, -0.15) is 0 Å². The minimum absolute atomic E-state index is 1.01. The van der Waals surface area contributed by atoms with E-state index < -0.39 is 0 Å². The molecule has 0 atom stereocenters. The van der Waals surface area contributed by atoms with Gasteiger partial charge in [-0.05, 0) is 24.6 Å². The molecule has 99 valence electrons. The molecule has 0 aliphatic carbocycles. The predicted molar refractivity (Wildman–Crippen MR) is 83.6 cm³/mol. The fraction of sp³-hybridized carbons (Fsp3) is 0.176. The van der Waals surface area contributed by atoms with E-state index in [0.29, 0.717) is 0 Å². The van der Waals surface area contributed by atoms with Gasteiger partial charge in [0.1, 0.15) is 5.01 Å². The van der Waals surface area contributed by atoms with Gasteiger partial charge < -0.3 is 0 Å². The monoisotopic (exact) mass is 279 g/mol. The van der Waals surface area contributed by atoms with Gasteiger partial charge in [0, 0.05) is 28.4 Å². The summed E-state index contributed by atoms with van der Waals surface area (Å²) in [6, 6.07) is 15.1. The Kier molecular flexibility index (Phi) is 3.88. The zero-order valence-electron chi connectivity index (χ0n) is 11.3. The highest BCUT2D eigenvalue weighted by molar-refractivity contribution is 7.13. The van der Waals surface area contributed by atoms with Crippen molar-refractivity contribution in [3.05, 3.63) is 59.7 Å². The fourth-order valence-corrected chi connectivity index (χ4v) is 2.93. The lowest BCUT2D eigenvalue weighted by atomic mass is 10.1. The lowest BCUT2D eigenvalue weighted by molar-refractivity contribution is 0.883. The topological polar surface area (TPSA) is 25.8 Å². The number of benzene rings is 1. The summed E-state index contributed by atoms with van der Waals surface area (Å²) in [5.41, 5.74) is 4.44. The number of thiazole rings is 1. The largest absolute Gasteiger partial charge is 0.261 e. The van der Waals surface area contributed by atoms with Gasteiger partial charge in [-0.3, -0.25) is 4.98 Å². The third kappa shape index (κ3) is 2.78. The van der Waals surface area contributed by atoms with Crippen molar-refractivity contribution < 1.29 is 0 Å². The van der Waals surface area contributed by atoms with Crippen molar-refractivity contribution in [2.45, 2.75) is 19.8 Å². The van der Waals surface area contributed by atoms with Crippen LogP contribution in [0.4, 0.5) is 0 Å². The Labute approximate surface area is 123 Å². The minimum Gasteiger partial charge on any atom is -0.261 e. The number of rotatable bonds is 4. The Hall–Kier alpha value is -2.00. The molecule has 3 heteroatoms. The lowest BCUT2D eigenvalue weighted by Crippen LogP contribution is -1.89. The smallest absolute Gasteiger partial charge is 0.124 e. The van der Waals surface area contributed by atoms with Crippen LogP contribution in [0.3, 0.4) is 0 Å². The van der Waals surface area contributed by atoms with Crippen molar-refractivity contribution >= 4 is 11.3 Å². The van der Waals surface area contributed by atoms with Gasteiger partial charge in [-0.15, -0.1) is 11.3 Å². The average Bonchev–Trinajstić information content (AvgIpc) is 2.99. The number of aromatic nitrogens is 2. The number of pyridine rings is 1. The number of nitrogens with zero attached hydrogens (tertiary/aromatic N) is 2. The van der Waals surface area contributed by atoms with Crippen LogP contribution in [0.1, 0.15) is 19.0 Å². The van der Waals surface area contributed by atoms with Crippen LogP contribution in [0.25, 0.3) is 21.8 Å². The summed E-state index contributed by atoms with van der Waals surface area (Å²) in [5.74, 6) is 0. The molecule has 0 aliphatic rings. The maximum atomic E-state index is 4.73. The van der Waals surface area contributed by atoms with E-state index in [1.54, 1.807) is 11.3 Å². The van der Waals surface area contributed by atoms with Gasteiger partial charge >= 0.3 is 0 Å². The standard InChI is InChI=1S/C17H15N2S/c1-2-6-15-11-14(9-10-18-15)17-19-16(12-20-17)13-7-4-3-5-8-13/h4-5,7-12H,2,6H2,1H3. The van der Waals surface area contributed by atoms with Crippen molar-refractivity contribution in [1.82, 2.24) is 9.97 Å². The normalized spacial score (nSPS) is 10.7. The van der Waals surface area contributed by atoms with Gasteiger partial charge in [0.25, 0.3) is 0 Å². The maximum absolute atomic E-state index is 4.73. The highest BCUT2D eigenvalue weighted by Gasteiger charge is 2.07. The van der Waals surface area contributed by atoms with Crippen molar-refractivity contribution in [3.63, 3.8) is 0 Å². The molecule has 0 spiro atoms. The average molecular weight is 279 g/mol. The first kappa shape index (κ1) is 13.0. The van der Waals surface area contributed by atoms with Crippen molar-refractivity contribution in [1.29, 1.82) is 0 Å². The van der Waals surface area contributed by atoms with Crippen molar-refractivity contribution in [2.75, 3.05) is 0 Å². The Morgan fingerprint density at radius 3 is 2.80 bits per heavy atom. The predicted octanol–water partition coefficient (Wildman–Crippen LogP) is 4.62. The molecular formula is C17H15N2S. The molecule has 0 unspecified atom stereocenters. The van der Waals surface area contributed by atoms with Crippen molar-refractivity contribution in [2.24, 2.45) is 0 Å². The highest BCUT2D eigenvalue weighted by atomic mass is 32.1. The molecule has 0 saturated heterocycles. The molecule has 2 aromatic heterocycles. The fourth-order valence-electron chi connectivity index (χ4n) is 2.10. The summed E-state index contributed by atoms with van der Waals surface area (Å²) in [6.07, 6.45) is 4.00. The van der Waals surface area contributed by atoms with Crippen LogP contribution in [0, 0.1) is 6.07 Å². The SMILES string of the molecule is CCCc1cc(-c2nc(-c3cc[c]cc3)cs2)ccn1. The maximum Gasteiger partial charge on any atom is 0.124 e. The summed E-state index contributed by atoms with van der Waals surface area (Å²) in [4.78, 5) is 9.12.